The molecule has 3 aromatic rings. The van der Waals surface area contributed by atoms with Crippen molar-refractivity contribution in [2.45, 2.75) is 6.04 Å². The van der Waals surface area contributed by atoms with Crippen molar-refractivity contribution in [1.82, 2.24) is 9.80 Å². The third kappa shape index (κ3) is 3.37. The first-order valence-electron chi connectivity index (χ1n) is 9.02. The first kappa shape index (κ1) is 17.5. The molecule has 1 heterocycles. The molecule has 26 heavy (non-hydrogen) atoms. The smallest absolute Gasteiger partial charge is 0.128 e. The van der Waals surface area contributed by atoms with Crippen molar-refractivity contribution in [3.05, 3.63) is 76.3 Å². The van der Waals surface area contributed by atoms with Gasteiger partial charge in [0.2, 0.25) is 0 Å². The largest absolute Gasteiger partial charge is 0.507 e. The van der Waals surface area contributed by atoms with Crippen molar-refractivity contribution in [1.29, 1.82) is 0 Å². The molecule has 1 aliphatic rings. The van der Waals surface area contributed by atoms with E-state index >= 15 is 0 Å². The minimum Gasteiger partial charge on any atom is -0.507 e. The number of hydrogen-bond acceptors (Lipinski definition) is 3. The van der Waals surface area contributed by atoms with Crippen molar-refractivity contribution in [2.75, 3.05) is 33.2 Å². The predicted molar refractivity (Wildman–Crippen MR) is 111 cm³/mol. The number of likely N-dealkylation sites (N-methyl/N-ethyl adjacent to an activating group) is 1. The van der Waals surface area contributed by atoms with Gasteiger partial charge < -0.3 is 10.0 Å². The second-order valence-corrected chi connectivity index (χ2v) is 7.93. The Morgan fingerprint density at radius 2 is 1.58 bits per heavy atom. The fraction of sp³-hybridized carbons (Fsp3) is 0.273. The third-order valence-electron chi connectivity index (χ3n) is 5.32. The number of piperazine rings is 1. The van der Waals surface area contributed by atoms with Gasteiger partial charge in [-0.3, -0.25) is 4.90 Å². The van der Waals surface area contributed by atoms with Gasteiger partial charge in [0.15, 0.2) is 0 Å². The van der Waals surface area contributed by atoms with E-state index in [4.69, 9.17) is 0 Å². The van der Waals surface area contributed by atoms with E-state index in [1.165, 1.54) is 5.56 Å². The van der Waals surface area contributed by atoms with E-state index in [9.17, 15) is 5.11 Å². The molecule has 4 rings (SSSR count). The summed E-state index contributed by atoms with van der Waals surface area (Å²) in [7, 11) is 2.17. The van der Waals surface area contributed by atoms with Crippen LogP contribution in [0, 0.1) is 0 Å². The molecule has 1 N–H and O–H groups in total. The normalized spacial score (nSPS) is 17.5. The number of phenols is 1. The van der Waals surface area contributed by atoms with Gasteiger partial charge in [0.05, 0.1) is 6.04 Å². The predicted octanol–water partition coefficient (Wildman–Crippen LogP) is 4.64. The third-order valence-corrected chi connectivity index (χ3v) is 5.84. The number of halogens is 1. The highest BCUT2D eigenvalue weighted by Gasteiger charge is 2.28. The van der Waals surface area contributed by atoms with Crippen LogP contribution in [0.15, 0.2) is 65.1 Å². The Kier molecular flexibility index (Phi) is 4.98. The topological polar surface area (TPSA) is 26.7 Å². The molecule has 0 radical (unpaired) electrons. The van der Waals surface area contributed by atoms with Crippen LogP contribution in [0.2, 0.25) is 0 Å². The number of aromatic hydroxyl groups is 1. The van der Waals surface area contributed by atoms with Crippen molar-refractivity contribution >= 4 is 26.7 Å². The molecule has 0 bridgehead atoms. The molecule has 3 aromatic carbocycles. The summed E-state index contributed by atoms with van der Waals surface area (Å²) in [4.78, 5) is 4.84. The van der Waals surface area contributed by atoms with Crippen LogP contribution in [0.4, 0.5) is 0 Å². The molecule has 0 aliphatic carbocycles. The summed E-state index contributed by atoms with van der Waals surface area (Å²) in [5.41, 5.74) is 2.19. The lowest BCUT2D eigenvalue weighted by atomic mass is 9.93. The zero-order chi connectivity index (χ0) is 18.1. The second-order valence-electron chi connectivity index (χ2n) is 7.02. The van der Waals surface area contributed by atoms with Crippen LogP contribution in [0.3, 0.4) is 0 Å². The Balaban J connectivity index is 1.82. The lowest BCUT2D eigenvalue weighted by Crippen LogP contribution is -2.46. The highest BCUT2D eigenvalue weighted by molar-refractivity contribution is 9.10. The Bertz CT molecular complexity index is 902. The van der Waals surface area contributed by atoms with E-state index < -0.39 is 0 Å². The molecular weight excluding hydrogens is 388 g/mol. The number of fused-ring (bicyclic) bond motifs is 1. The van der Waals surface area contributed by atoms with Gasteiger partial charge in [0, 0.05) is 41.6 Å². The summed E-state index contributed by atoms with van der Waals surface area (Å²) in [5, 5.41) is 13.1. The van der Waals surface area contributed by atoms with Gasteiger partial charge in [-0.2, -0.15) is 0 Å². The first-order valence-corrected chi connectivity index (χ1v) is 9.81. The molecule has 3 nitrogen and oxygen atoms in total. The molecule has 0 saturated carbocycles. The molecule has 1 saturated heterocycles. The Morgan fingerprint density at radius 1 is 0.885 bits per heavy atom. The van der Waals surface area contributed by atoms with Gasteiger partial charge in [-0.25, -0.2) is 0 Å². The van der Waals surface area contributed by atoms with Crippen molar-refractivity contribution < 1.29 is 5.11 Å². The quantitative estimate of drug-likeness (QED) is 0.680. The summed E-state index contributed by atoms with van der Waals surface area (Å²) >= 11 is 3.53. The van der Waals surface area contributed by atoms with Crippen molar-refractivity contribution in [3.63, 3.8) is 0 Å². The first-order chi connectivity index (χ1) is 12.6. The SMILES string of the molecule is CN1CCN(C(c2ccc(Br)cc2)c2ccc3ccccc3c2O)CC1. The molecule has 0 spiro atoms. The van der Waals surface area contributed by atoms with Crippen LogP contribution in [0.1, 0.15) is 17.2 Å². The number of phenolic OH excluding ortho intramolecular Hbond substituents is 1. The van der Waals surface area contributed by atoms with Crippen LogP contribution in [-0.4, -0.2) is 48.1 Å². The second kappa shape index (κ2) is 7.39. The number of nitrogens with zero attached hydrogens (tertiary/aromatic N) is 2. The van der Waals surface area contributed by atoms with Crippen LogP contribution < -0.4 is 0 Å². The Hall–Kier alpha value is -1.88. The fourth-order valence-corrected chi connectivity index (χ4v) is 4.07. The van der Waals surface area contributed by atoms with Crippen LogP contribution in [0.25, 0.3) is 10.8 Å². The van der Waals surface area contributed by atoms with Crippen LogP contribution in [-0.2, 0) is 0 Å². The minimum atomic E-state index is 0.0569. The average molecular weight is 411 g/mol. The Morgan fingerprint density at radius 3 is 2.31 bits per heavy atom. The van der Waals surface area contributed by atoms with Crippen LogP contribution >= 0.6 is 15.9 Å². The zero-order valence-electron chi connectivity index (χ0n) is 14.9. The molecule has 0 aromatic heterocycles. The molecule has 1 unspecified atom stereocenters. The number of benzene rings is 3. The maximum absolute atomic E-state index is 11.1. The van der Waals surface area contributed by atoms with E-state index in [0.29, 0.717) is 5.75 Å². The van der Waals surface area contributed by atoms with Crippen LogP contribution in [0.5, 0.6) is 5.75 Å². The van der Waals surface area contributed by atoms with Gasteiger partial charge in [-0.05, 0) is 30.1 Å². The molecule has 1 atom stereocenters. The van der Waals surface area contributed by atoms with Crippen molar-refractivity contribution in [3.8, 4) is 5.75 Å². The molecule has 1 aliphatic heterocycles. The van der Waals surface area contributed by atoms with Gasteiger partial charge >= 0.3 is 0 Å². The van der Waals surface area contributed by atoms with E-state index in [-0.39, 0.29) is 6.04 Å². The maximum atomic E-state index is 11.1. The average Bonchev–Trinajstić information content (AvgIpc) is 2.67. The molecule has 4 heteroatoms. The van der Waals surface area contributed by atoms with Gasteiger partial charge in [-0.15, -0.1) is 0 Å². The highest BCUT2D eigenvalue weighted by Crippen LogP contribution is 2.39. The zero-order valence-corrected chi connectivity index (χ0v) is 16.5. The summed E-state index contributed by atoms with van der Waals surface area (Å²) in [6.45, 7) is 4.07. The van der Waals surface area contributed by atoms with E-state index in [1.54, 1.807) is 0 Å². The maximum Gasteiger partial charge on any atom is 0.128 e. The summed E-state index contributed by atoms with van der Waals surface area (Å²) < 4.78 is 1.07. The number of hydrogen-bond donors (Lipinski definition) is 1. The molecule has 134 valence electrons. The van der Waals surface area contributed by atoms with E-state index in [1.807, 2.05) is 24.3 Å². The van der Waals surface area contributed by atoms with E-state index in [0.717, 1.165) is 47.0 Å². The highest BCUT2D eigenvalue weighted by atomic mass is 79.9. The van der Waals surface area contributed by atoms with Crippen molar-refractivity contribution in [2.24, 2.45) is 0 Å². The minimum absolute atomic E-state index is 0.0569. The van der Waals surface area contributed by atoms with Gasteiger partial charge in [0.1, 0.15) is 5.75 Å². The van der Waals surface area contributed by atoms with Gasteiger partial charge in [-0.1, -0.05) is 64.5 Å². The standard InChI is InChI=1S/C22H23BrN2O/c1-24-12-14-25(15-13-24)21(17-6-9-18(23)10-7-17)20-11-8-16-4-2-3-5-19(16)22(20)26/h2-11,21,26H,12-15H2,1H3. The monoisotopic (exact) mass is 410 g/mol. The summed E-state index contributed by atoms with van der Waals surface area (Å²) in [6, 6.07) is 20.8. The number of rotatable bonds is 3. The molecule has 1 fully saturated rings. The summed E-state index contributed by atoms with van der Waals surface area (Å²) in [6.07, 6.45) is 0. The Labute approximate surface area is 163 Å². The summed E-state index contributed by atoms with van der Waals surface area (Å²) in [5.74, 6) is 0.398. The lowest BCUT2D eigenvalue weighted by Gasteiger charge is -2.38. The molecular formula is C22H23BrN2O. The lowest BCUT2D eigenvalue weighted by molar-refractivity contribution is 0.126. The van der Waals surface area contributed by atoms with E-state index in [2.05, 4.69) is 69.2 Å². The molecule has 0 amide bonds. The van der Waals surface area contributed by atoms with Gasteiger partial charge in [0.25, 0.3) is 0 Å². The fourth-order valence-electron chi connectivity index (χ4n) is 3.80.